The first-order chi connectivity index (χ1) is 9.58. The van der Waals surface area contributed by atoms with Crippen molar-refractivity contribution in [2.45, 2.75) is 59.2 Å². The fraction of sp³-hybridized carbons (Fsp3) is 0.706. The van der Waals surface area contributed by atoms with Crippen molar-refractivity contribution in [2.75, 3.05) is 6.61 Å². The van der Waals surface area contributed by atoms with Gasteiger partial charge in [0.2, 0.25) is 0 Å². The molecule has 0 aromatic carbocycles. The standard InChI is InChI=1S/C17H26O4/c1-12(7-9-21-14(3)18)6-8-17(20)13(2)10-15(19)11-16(17,4)5/h7,13,15,19-20H,9-11H2,1-5H3/t13-,15-,17-/m1/s1. The molecule has 1 rings (SSSR count). The fourth-order valence-electron chi connectivity index (χ4n) is 2.90. The molecule has 0 aliphatic heterocycles. The lowest BCUT2D eigenvalue weighted by atomic mass is 9.60. The first kappa shape index (κ1) is 17.7. The molecular weight excluding hydrogens is 268 g/mol. The summed E-state index contributed by atoms with van der Waals surface area (Å²) in [6.45, 7) is 9.13. The van der Waals surface area contributed by atoms with Crippen LogP contribution >= 0.6 is 0 Å². The van der Waals surface area contributed by atoms with E-state index >= 15 is 0 Å². The zero-order valence-electron chi connectivity index (χ0n) is 13.6. The summed E-state index contributed by atoms with van der Waals surface area (Å²) < 4.78 is 4.83. The Morgan fingerprint density at radius 3 is 2.57 bits per heavy atom. The van der Waals surface area contributed by atoms with Crippen molar-refractivity contribution in [3.05, 3.63) is 11.6 Å². The van der Waals surface area contributed by atoms with Crippen LogP contribution in [0.2, 0.25) is 0 Å². The first-order valence-electron chi connectivity index (χ1n) is 7.32. The van der Waals surface area contributed by atoms with E-state index in [4.69, 9.17) is 4.74 Å². The van der Waals surface area contributed by atoms with Crippen molar-refractivity contribution in [1.82, 2.24) is 0 Å². The van der Waals surface area contributed by atoms with Crippen molar-refractivity contribution >= 4 is 5.97 Å². The molecule has 0 saturated heterocycles. The largest absolute Gasteiger partial charge is 0.462 e. The first-order valence-corrected chi connectivity index (χ1v) is 7.32. The van der Waals surface area contributed by atoms with Gasteiger partial charge in [0.15, 0.2) is 0 Å². The predicted octanol–water partition coefficient (Wildman–Crippen LogP) is 2.05. The second kappa shape index (κ2) is 6.64. The van der Waals surface area contributed by atoms with Gasteiger partial charge < -0.3 is 14.9 Å². The Morgan fingerprint density at radius 1 is 1.43 bits per heavy atom. The molecule has 1 aliphatic rings. The molecule has 4 nitrogen and oxygen atoms in total. The van der Waals surface area contributed by atoms with Crippen LogP contribution < -0.4 is 0 Å². The summed E-state index contributed by atoms with van der Waals surface area (Å²) in [7, 11) is 0. The third-order valence-corrected chi connectivity index (χ3v) is 4.24. The van der Waals surface area contributed by atoms with Crippen LogP contribution in [0, 0.1) is 23.2 Å². The van der Waals surface area contributed by atoms with Crippen LogP contribution in [0.3, 0.4) is 0 Å². The fourth-order valence-corrected chi connectivity index (χ4v) is 2.90. The Kier molecular flexibility index (Phi) is 5.61. The minimum absolute atomic E-state index is 0.106. The number of ether oxygens (including phenoxy) is 1. The molecule has 0 aromatic rings. The molecular formula is C17H26O4. The number of aliphatic hydroxyl groups excluding tert-OH is 1. The van der Waals surface area contributed by atoms with E-state index in [0.717, 1.165) is 5.57 Å². The molecule has 0 radical (unpaired) electrons. The minimum atomic E-state index is -1.14. The highest BCUT2D eigenvalue weighted by molar-refractivity contribution is 5.66. The Labute approximate surface area is 127 Å². The molecule has 0 bridgehead atoms. The van der Waals surface area contributed by atoms with Gasteiger partial charge in [0.25, 0.3) is 0 Å². The van der Waals surface area contributed by atoms with E-state index in [1.54, 1.807) is 6.08 Å². The van der Waals surface area contributed by atoms with Crippen LogP contribution in [0.5, 0.6) is 0 Å². The third kappa shape index (κ3) is 4.33. The Bertz CT molecular complexity index is 481. The summed E-state index contributed by atoms with van der Waals surface area (Å²) in [6.07, 6.45) is 2.40. The Balaban J connectivity index is 2.89. The molecule has 0 unspecified atom stereocenters. The lowest BCUT2D eigenvalue weighted by Crippen LogP contribution is -2.54. The van der Waals surface area contributed by atoms with E-state index in [1.165, 1.54) is 6.92 Å². The normalized spacial score (nSPS) is 32.0. The number of rotatable bonds is 2. The molecule has 1 aliphatic carbocycles. The van der Waals surface area contributed by atoms with E-state index in [1.807, 2.05) is 27.7 Å². The van der Waals surface area contributed by atoms with E-state index < -0.39 is 17.1 Å². The summed E-state index contributed by atoms with van der Waals surface area (Å²) in [5.74, 6) is 5.50. The average molecular weight is 294 g/mol. The molecule has 0 aromatic heterocycles. The lowest BCUT2D eigenvalue weighted by molar-refractivity contribution is -0.139. The highest BCUT2D eigenvalue weighted by Gasteiger charge is 2.51. The van der Waals surface area contributed by atoms with E-state index in [-0.39, 0.29) is 18.5 Å². The van der Waals surface area contributed by atoms with Gasteiger partial charge in [-0.2, -0.15) is 0 Å². The van der Waals surface area contributed by atoms with Gasteiger partial charge in [-0.15, -0.1) is 0 Å². The molecule has 21 heavy (non-hydrogen) atoms. The number of hydrogen-bond donors (Lipinski definition) is 2. The molecule has 1 saturated carbocycles. The van der Waals surface area contributed by atoms with E-state index in [0.29, 0.717) is 12.8 Å². The SMILES string of the molecule is CC(=O)OCC=C(C)C#C[C@@]1(O)[C@H](C)C[C@@H](O)CC1(C)C. The summed E-state index contributed by atoms with van der Waals surface area (Å²) in [5, 5.41) is 20.8. The number of esters is 1. The van der Waals surface area contributed by atoms with Crippen LogP contribution in [-0.4, -0.2) is 34.5 Å². The van der Waals surface area contributed by atoms with E-state index in [9.17, 15) is 15.0 Å². The monoisotopic (exact) mass is 294 g/mol. The van der Waals surface area contributed by atoms with Crippen molar-refractivity contribution in [3.8, 4) is 11.8 Å². The quantitative estimate of drug-likeness (QED) is 0.604. The maximum absolute atomic E-state index is 11.0. The second-order valence-electron chi connectivity index (χ2n) is 6.58. The molecule has 1 fully saturated rings. The molecule has 2 N–H and O–H groups in total. The number of carbonyl (C=O) groups excluding carboxylic acids is 1. The summed E-state index contributed by atoms with van der Waals surface area (Å²) in [5.41, 5.74) is -0.866. The average Bonchev–Trinajstić information content (AvgIpc) is 2.32. The zero-order valence-corrected chi connectivity index (χ0v) is 13.6. The highest BCUT2D eigenvalue weighted by Crippen LogP contribution is 2.46. The van der Waals surface area contributed by atoms with Crippen LogP contribution in [0.4, 0.5) is 0 Å². The minimum Gasteiger partial charge on any atom is -0.462 e. The van der Waals surface area contributed by atoms with Gasteiger partial charge in [-0.25, -0.2) is 0 Å². The predicted molar refractivity (Wildman–Crippen MR) is 81.3 cm³/mol. The van der Waals surface area contributed by atoms with Crippen LogP contribution in [0.15, 0.2) is 11.6 Å². The van der Waals surface area contributed by atoms with Gasteiger partial charge in [0.1, 0.15) is 12.2 Å². The van der Waals surface area contributed by atoms with Crippen molar-refractivity contribution in [1.29, 1.82) is 0 Å². The van der Waals surface area contributed by atoms with Gasteiger partial charge in [-0.1, -0.05) is 32.6 Å². The van der Waals surface area contributed by atoms with Crippen molar-refractivity contribution in [2.24, 2.45) is 11.3 Å². The van der Waals surface area contributed by atoms with Gasteiger partial charge in [0.05, 0.1) is 6.10 Å². The number of aliphatic hydroxyl groups is 2. The van der Waals surface area contributed by atoms with Crippen molar-refractivity contribution in [3.63, 3.8) is 0 Å². The summed E-state index contributed by atoms with van der Waals surface area (Å²) in [6, 6.07) is 0. The molecule has 0 spiro atoms. The Morgan fingerprint density at radius 2 is 2.05 bits per heavy atom. The zero-order chi connectivity index (χ0) is 16.3. The molecule has 118 valence electrons. The third-order valence-electron chi connectivity index (χ3n) is 4.24. The van der Waals surface area contributed by atoms with Gasteiger partial charge in [-0.3, -0.25) is 4.79 Å². The van der Waals surface area contributed by atoms with Crippen molar-refractivity contribution < 1.29 is 19.7 Å². The van der Waals surface area contributed by atoms with E-state index in [2.05, 4.69) is 11.8 Å². The van der Waals surface area contributed by atoms with Gasteiger partial charge in [-0.05, 0) is 37.3 Å². The van der Waals surface area contributed by atoms with Gasteiger partial charge >= 0.3 is 5.97 Å². The summed E-state index contributed by atoms with van der Waals surface area (Å²) in [4.78, 5) is 10.7. The topological polar surface area (TPSA) is 66.8 Å². The molecule has 3 atom stereocenters. The van der Waals surface area contributed by atoms with Gasteiger partial charge in [0, 0.05) is 12.3 Å². The number of hydrogen-bond acceptors (Lipinski definition) is 4. The Hall–Kier alpha value is -1.31. The maximum Gasteiger partial charge on any atom is 0.302 e. The number of allylic oxidation sites excluding steroid dienone is 1. The highest BCUT2D eigenvalue weighted by atomic mass is 16.5. The smallest absolute Gasteiger partial charge is 0.302 e. The number of carbonyl (C=O) groups is 1. The van der Waals surface area contributed by atoms with Crippen LogP contribution in [-0.2, 0) is 9.53 Å². The summed E-state index contributed by atoms with van der Waals surface area (Å²) >= 11 is 0. The molecule has 0 heterocycles. The van der Waals surface area contributed by atoms with Crippen LogP contribution in [0.1, 0.15) is 47.5 Å². The lowest BCUT2D eigenvalue weighted by Gasteiger charge is -2.48. The van der Waals surface area contributed by atoms with Crippen LogP contribution in [0.25, 0.3) is 0 Å². The molecule has 0 amide bonds. The second-order valence-corrected chi connectivity index (χ2v) is 6.58. The molecule has 4 heteroatoms. The maximum atomic E-state index is 11.0.